The van der Waals surface area contributed by atoms with Crippen LogP contribution in [0.4, 0.5) is 0 Å². The molecule has 0 aliphatic rings. The first kappa shape index (κ1) is 19.9. The van der Waals surface area contributed by atoms with Crippen LogP contribution in [0.1, 0.15) is 50.7 Å². The molecule has 6 rings (SSSR count). The predicted octanol–water partition coefficient (Wildman–Crippen LogP) is 8.10. The van der Waals surface area contributed by atoms with Gasteiger partial charge in [0.05, 0.1) is 11.2 Å². The van der Waals surface area contributed by atoms with E-state index < -0.39 is 0 Å². The summed E-state index contributed by atoms with van der Waals surface area (Å²) in [5.41, 5.74) is 7.21. The minimum atomic E-state index is 0.423. The van der Waals surface area contributed by atoms with Crippen LogP contribution < -0.4 is 0 Å². The maximum Gasteiger partial charge on any atom is 0.145 e. The summed E-state index contributed by atoms with van der Waals surface area (Å²) in [5, 5.41) is 5.99. The van der Waals surface area contributed by atoms with Crippen LogP contribution in [-0.2, 0) is 0 Å². The van der Waals surface area contributed by atoms with Crippen LogP contribution >= 0.6 is 0 Å². The Hall–Kier alpha value is -3.72. The van der Waals surface area contributed by atoms with E-state index in [-0.39, 0.29) is 0 Å². The summed E-state index contributed by atoms with van der Waals surface area (Å²) in [6, 6.07) is 21.9. The molecular formula is C30H27N3. The Balaban J connectivity index is 1.78. The van der Waals surface area contributed by atoms with Crippen LogP contribution in [0.2, 0.25) is 0 Å². The van der Waals surface area contributed by atoms with Gasteiger partial charge in [0.1, 0.15) is 5.65 Å². The van der Waals surface area contributed by atoms with Gasteiger partial charge >= 0.3 is 0 Å². The van der Waals surface area contributed by atoms with Crippen LogP contribution in [-0.4, -0.2) is 14.4 Å². The molecule has 3 aromatic carbocycles. The minimum absolute atomic E-state index is 0.423. The molecule has 0 spiro atoms. The summed E-state index contributed by atoms with van der Waals surface area (Å²) in [7, 11) is 0. The van der Waals surface area contributed by atoms with E-state index in [0.717, 1.165) is 22.2 Å². The van der Waals surface area contributed by atoms with E-state index in [9.17, 15) is 0 Å². The van der Waals surface area contributed by atoms with E-state index in [1.807, 2.05) is 12.4 Å². The van der Waals surface area contributed by atoms with E-state index in [4.69, 9.17) is 4.98 Å². The fraction of sp³-hybridized carbons (Fsp3) is 0.200. The zero-order chi connectivity index (χ0) is 22.7. The molecule has 3 heteroatoms. The van der Waals surface area contributed by atoms with Gasteiger partial charge in [-0.3, -0.25) is 9.38 Å². The minimum Gasteiger partial charge on any atom is -0.298 e. The molecule has 3 heterocycles. The number of aromatic nitrogens is 3. The highest BCUT2D eigenvalue weighted by Gasteiger charge is 2.20. The van der Waals surface area contributed by atoms with Gasteiger partial charge in [0.25, 0.3) is 0 Å². The quantitative estimate of drug-likeness (QED) is 0.210. The molecule has 0 N–H and O–H groups in total. The summed E-state index contributed by atoms with van der Waals surface area (Å²) < 4.78 is 2.28. The fourth-order valence-electron chi connectivity index (χ4n) is 5.17. The molecule has 162 valence electrons. The van der Waals surface area contributed by atoms with Gasteiger partial charge in [0.2, 0.25) is 0 Å². The maximum absolute atomic E-state index is 5.27. The van der Waals surface area contributed by atoms with Crippen molar-refractivity contribution in [3.8, 4) is 11.3 Å². The molecule has 3 aromatic heterocycles. The lowest BCUT2D eigenvalue weighted by molar-refractivity contribution is 0.837. The lowest BCUT2D eigenvalue weighted by atomic mass is 9.87. The van der Waals surface area contributed by atoms with Crippen molar-refractivity contribution >= 4 is 38.1 Å². The van der Waals surface area contributed by atoms with Crippen molar-refractivity contribution in [3.63, 3.8) is 0 Å². The first-order chi connectivity index (χ1) is 16.0. The first-order valence-corrected chi connectivity index (χ1v) is 11.7. The molecular weight excluding hydrogens is 402 g/mol. The van der Waals surface area contributed by atoms with Crippen LogP contribution in [0.5, 0.6) is 0 Å². The molecule has 0 radical (unpaired) electrons. The molecule has 0 bridgehead atoms. The summed E-state index contributed by atoms with van der Waals surface area (Å²) in [4.78, 5) is 9.63. The second kappa shape index (κ2) is 7.41. The third-order valence-corrected chi connectivity index (χ3v) is 6.81. The Labute approximate surface area is 193 Å². The standard InChI is InChI=1S/C30H27N3/c1-18(2)22-10-7-11-23(19(3)4)29(22)27-17-33-28-15-21-16-31-13-12-20(21)14-26(28)24-8-5-6-9-25(24)30(33)32-27/h5-19H,1-4H3. The van der Waals surface area contributed by atoms with Gasteiger partial charge in [-0.2, -0.15) is 0 Å². The van der Waals surface area contributed by atoms with E-state index in [1.54, 1.807) is 0 Å². The van der Waals surface area contributed by atoms with Gasteiger partial charge in [-0.15, -0.1) is 0 Å². The Bertz CT molecular complexity index is 1650. The summed E-state index contributed by atoms with van der Waals surface area (Å²) in [5.74, 6) is 0.846. The van der Waals surface area contributed by atoms with Crippen LogP contribution in [0, 0.1) is 0 Å². The second-order valence-electron chi connectivity index (χ2n) is 9.58. The highest BCUT2D eigenvalue weighted by atomic mass is 15.0. The summed E-state index contributed by atoms with van der Waals surface area (Å²) in [6.07, 6.45) is 6.04. The predicted molar refractivity (Wildman–Crippen MR) is 139 cm³/mol. The number of fused-ring (bicyclic) bond motifs is 7. The third-order valence-electron chi connectivity index (χ3n) is 6.81. The topological polar surface area (TPSA) is 30.2 Å². The number of hydrogen-bond donors (Lipinski definition) is 0. The Kier molecular flexibility index (Phi) is 4.48. The van der Waals surface area contributed by atoms with Crippen LogP contribution in [0.25, 0.3) is 49.4 Å². The molecule has 0 aliphatic heterocycles. The van der Waals surface area contributed by atoms with Crippen molar-refractivity contribution in [2.45, 2.75) is 39.5 Å². The fourth-order valence-corrected chi connectivity index (χ4v) is 5.17. The van der Waals surface area contributed by atoms with Gasteiger partial charge in [0.15, 0.2) is 0 Å². The summed E-state index contributed by atoms with van der Waals surface area (Å²) in [6.45, 7) is 9.07. The molecule has 0 unspecified atom stereocenters. The molecule has 0 fully saturated rings. The van der Waals surface area contributed by atoms with Crippen LogP contribution in [0.15, 0.2) is 79.3 Å². The molecule has 0 amide bonds. The summed E-state index contributed by atoms with van der Waals surface area (Å²) >= 11 is 0. The normalized spacial score (nSPS) is 12.2. The van der Waals surface area contributed by atoms with E-state index in [0.29, 0.717) is 11.8 Å². The number of nitrogens with zero attached hydrogens (tertiary/aromatic N) is 3. The molecule has 33 heavy (non-hydrogen) atoms. The average Bonchev–Trinajstić information content (AvgIpc) is 3.28. The van der Waals surface area contributed by atoms with Gasteiger partial charge < -0.3 is 0 Å². The Morgan fingerprint density at radius 1 is 0.727 bits per heavy atom. The zero-order valence-corrected chi connectivity index (χ0v) is 19.5. The highest BCUT2D eigenvalue weighted by Crippen LogP contribution is 2.38. The monoisotopic (exact) mass is 429 g/mol. The Morgan fingerprint density at radius 3 is 2.18 bits per heavy atom. The van der Waals surface area contributed by atoms with Crippen molar-refractivity contribution in [2.24, 2.45) is 0 Å². The molecule has 0 atom stereocenters. The number of pyridine rings is 2. The molecule has 0 aliphatic carbocycles. The van der Waals surface area contributed by atoms with Crippen molar-refractivity contribution in [3.05, 3.63) is 90.4 Å². The van der Waals surface area contributed by atoms with Gasteiger partial charge in [-0.1, -0.05) is 70.2 Å². The van der Waals surface area contributed by atoms with Crippen molar-refractivity contribution in [1.29, 1.82) is 0 Å². The second-order valence-corrected chi connectivity index (χ2v) is 9.58. The Morgan fingerprint density at radius 2 is 1.45 bits per heavy atom. The first-order valence-electron chi connectivity index (χ1n) is 11.7. The SMILES string of the molecule is CC(C)c1cccc(C(C)C)c1-c1cn2c3cc4cnccc4cc3c3ccccc3c2n1. The van der Waals surface area contributed by atoms with E-state index in [1.165, 1.54) is 38.2 Å². The zero-order valence-electron chi connectivity index (χ0n) is 19.5. The maximum atomic E-state index is 5.27. The van der Waals surface area contributed by atoms with Crippen LogP contribution in [0.3, 0.4) is 0 Å². The number of benzene rings is 3. The van der Waals surface area contributed by atoms with Gasteiger partial charge in [-0.25, -0.2) is 4.98 Å². The van der Waals surface area contributed by atoms with Crippen molar-refractivity contribution in [1.82, 2.24) is 14.4 Å². The largest absolute Gasteiger partial charge is 0.298 e. The van der Waals surface area contributed by atoms with E-state index in [2.05, 4.69) is 104 Å². The molecule has 6 aromatic rings. The molecule has 0 saturated carbocycles. The number of rotatable bonds is 3. The third kappa shape index (κ3) is 3.03. The van der Waals surface area contributed by atoms with Gasteiger partial charge in [0, 0.05) is 40.3 Å². The molecule has 0 saturated heterocycles. The molecule has 3 nitrogen and oxygen atoms in total. The smallest absolute Gasteiger partial charge is 0.145 e. The number of imidazole rings is 1. The van der Waals surface area contributed by atoms with Crippen molar-refractivity contribution in [2.75, 3.05) is 0 Å². The lowest BCUT2D eigenvalue weighted by Gasteiger charge is -2.18. The van der Waals surface area contributed by atoms with E-state index >= 15 is 0 Å². The number of hydrogen-bond acceptors (Lipinski definition) is 2. The lowest BCUT2D eigenvalue weighted by Crippen LogP contribution is -1.99. The average molecular weight is 430 g/mol. The van der Waals surface area contributed by atoms with Gasteiger partial charge in [-0.05, 0) is 51.9 Å². The van der Waals surface area contributed by atoms with Crippen molar-refractivity contribution < 1.29 is 0 Å². The highest BCUT2D eigenvalue weighted by molar-refractivity contribution is 6.15.